The molecule has 15 heavy (non-hydrogen) atoms. The lowest BCUT2D eigenvalue weighted by Gasteiger charge is -1.99. The average molecular weight is 205 g/mol. The molecule has 78 valence electrons. The van der Waals surface area contributed by atoms with Crippen LogP contribution in [0.15, 0.2) is 24.3 Å². The van der Waals surface area contributed by atoms with Crippen LogP contribution in [0.3, 0.4) is 0 Å². The molecule has 0 bridgehead atoms. The number of hydrogen-bond donors (Lipinski definition) is 2. The summed E-state index contributed by atoms with van der Waals surface area (Å²) in [4.78, 5) is 0. The second-order valence-electron chi connectivity index (χ2n) is 3.45. The van der Waals surface area contributed by atoms with Crippen LogP contribution in [0.5, 0.6) is 0 Å². The quantitative estimate of drug-likeness (QED) is 0.787. The van der Waals surface area contributed by atoms with Crippen LogP contribution in [0.1, 0.15) is 11.3 Å². The molecular formula is C11H12FN3. The first kappa shape index (κ1) is 9.86. The first-order valence-corrected chi connectivity index (χ1v) is 4.71. The van der Waals surface area contributed by atoms with E-state index in [1.807, 2.05) is 12.1 Å². The summed E-state index contributed by atoms with van der Waals surface area (Å²) in [5.74, 6) is -0.218. The third kappa shape index (κ3) is 1.89. The van der Waals surface area contributed by atoms with Crippen molar-refractivity contribution in [1.82, 2.24) is 10.2 Å². The summed E-state index contributed by atoms with van der Waals surface area (Å²) in [5, 5.41) is 6.85. The number of aryl methyl sites for hydroxylation is 1. The van der Waals surface area contributed by atoms with Gasteiger partial charge in [-0.05, 0) is 24.6 Å². The fraction of sp³-hybridized carbons (Fsp3) is 0.182. The Hall–Kier alpha value is -1.68. The molecule has 0 radical (unpaired) electrons. The number of nitrogens with one attached hydrogen (secondary N) is 1. The van der Waals surface area contributed by atoms with Crippen LogP contribution in [-0.2, 0) is 6.54 Å². The zero-order chi connectivity index (χ0) is 10.8. The molecule has 1 heterocycles. The number of aromatic nitrogens is 2. The summed E-state index contributed by atoms with van der Waals surface area (Å²) in [6.07, 6.45) is 0. The van der Waals surface area contributed by atoms with Crippen molar-refractivity contribution in [2.75, 3.05) is 0 Å². The van der Waals surface area contributed by atoms with Crippen molar-refractivity contribution in [2.45, 2.75) is 13.5 Å². The van der Waals surface area contributed by atoms with Gasteiger partial charge in [0, 0.05) is 17.8 Å². The summed E-state index contributed by atoms with van der Waals surface area (Å²) < 4.78 is 13.3. The zero-order valence-corrected chi connectivity index (χ0v) is 8.42. The van der Waals surface area contributed by atoms with Gasteiger partial charge in [0.15, 0.2) is 0 Å². The highest BCUT2D eigenvalue weighted by molar-refractivity contribution is 5.59. The van der Waals surface area contributed by atoms with Crippen molar-refractivity contribution in [3.8, 4) is 11.3 Å². The molecule has 1 aromatic heterocycles. The lowest BCUT2D eigenvalue weighted by Crippen LogP contribution is -1.95. The minimum Gasteiger partial charge on any atom is -0.325 e. The van der Waals surface area contributed by atoms with Gasteiger partial charge in [0.2, 0.25) is 0 Å². The van der Waals surface area contributed by atoms with Crippen LogP contribution < -0.4 is 5.73 Å². The number of benzene rings is 1. The van der Waals surface area contributed by atoms with E-state index in [2.05, 4.69) is 10.2 Å². The van der Waals surface area contributed by atoms with Gasteiger partial charge in [0.25, 0.3) is 0 Å². The molecule has 3 nitrogen and oxygen atoms in total. The van der Waals surface area contributed by atoms with Crippen molar-refractivity contribution >= 4 is 0 Å². The van der Waals surface area contributed by atoms with Crippen molar-refractivity contribution < 1.29 is 4.39 Å². The second-order valence-corrected chi connectivity index (χ2v) is 3.45. The molecular weight excluding hydrogens is 193 g/mol. The van der Waals surface area contributed by atoms with Gasteiger partial charge in [-0.15, -0.1) is 0 Å². The standard InChI is InChI=1S/C11H12FN3/c1-7-2-3-8(4-10(7)12)11-5-9(6-13)14-15-11/h2-5H,6,13H2,1H3,(H,14,15). The Bertz CT molecular complexity index is 476. The molecule has 0 saturated heterocycles. The number of nitrogens with two attached hydrogens (primary N) is 1. The third-order valence-electron chi connectivity index (χ3n) is 2.32. The Morgan fingerprint density at radius 3 is 2.80 bits per heavy atom. The molecule has 0 atom stereocenters. The van der Waals surface area contributed by atoms with Gasteiger partial charge < -0.3 is 5.73 Å². The van der Waals surface area contributed by atoms with Gasteiger partial charge >= 0.3 is 0 Å². The fourth-order valence-electron chi connectivity index (χ4n) is 1.37. The Morgan fingerprint density at radius 2 is 2.20 bits per heavy atom. The molecule has 2 rings (SSSR count). The highest BCUT2D eigenvalue weighted by Crippen LogP contribution is 2.20. The molecule has 0 aliphatic rings. The van der Waals surface area contributed by atoms with E-state index in [0.717, 1.165) is 11.3 Å². The van der Waals surface area contributed by atoms with Crippen molar-refractivity contribution in [2.24, 2.45) is 5.73 Å². The Kier molecular flexibility index (Phi) is 2.51. The molecule has 4 heteroatoms. The van der Waals surface area contributed by atoms with Crippen LogP contribution in [0.4, 0.5) is 4.39 Å². The fourth-order valence-corrected chi connectivity index (χ4v) is 1.37. The first-order valence-electron chi connectivity index (χ1n) is 4.71. The predicted octanol–water partition coefficient (Wildman–Crippen LogP) is 1.98. The number of H-pyrrole nitrogens is 1. The maximum absolute atomic E-state index is 13.3. The van der Waals surface area contributed by atoms with E-state index in [9.17, 15) is 4.39 Å². The molecule has 2 aromatic rings. The van der Waals surface area contributed by atoms with E-state index in [0.29, 0.717) is 17.8 Å². The maximum Gasteiger partial charge on any atom is 0.126 e. The van der Waals surface area contributed by atoms with E-state index < -0.39 is 0 Å². The number of rotatable bonds is 2. The SMILES string of the molecule is Cc1ccc(-c2cc(CN)[nH]n2)cc1F. The van der Waals surface area contributed by atoms with E-state index in [-0.39, 0.29) is 5.82 Å². The predicted molar refractivity (Wildman–Crippen MR) is 56.6 cm³/mol. The Labute approximate surface area is 87.1 Å². The van der Waals surface area contributed by atoms with Gasteiger partial charge in [0.05, 0.1) is 5.69 Å². The first-order chi connectivity index (χ1) is 7.20. The highest BCUT2D eigenvalue weighted by Gasteiger charge is 2.05. The maximum atomic E-state index is 13.3. The largest absolute Gasteiger partial charge is 0.325 e. The van der Waals surface area contributed by atoms with Crippen molar-refractivity contribution in [3.63, 3.8) is 0 Å². The zero-order valence-electron chi connectivity index (χ0n) is 8.42. The molecule has 0 spiro atoms. The van der Waals surface area contributed by atoms with Crippen LogP contribution >= 0.6 is 0 Å². The summed E-state index contributed by atoms with van der Waals surface area (Å²) >= 11 is 0. The molecule has 1 aromatic carbocycles. The van der Waals surface area contributed by atoms with E-state index in [4.69, 9.17) is 5.73 Å². The van der Waals surface area contributed by atoms with Crippen LogP contribution in [0, 0.1) is 12.7 Å². The molecule has 0 amide bonds. The third-order valence-corrected chi connectivity index (χ3v) is 2.32. The van der Waals surface area contributed by atoms with Gasteiger partial charge in [-0.1, -0.05) is 12.1 Å². The van der Waals surface area contributed by atoms with Gasteiger partial charge in [-0.25, -0.2) is 4.39 Å². The van der Waals surface area contributed by atoms with E-state index >= 15 is 0 Å². The smallest absolute Gasteiger partial charge is 0.126 e. The van der Waals surface area contributed by atoms with Crippen LogP contribution in [0.25, 0.3) is 11.3 Å². The van der Waals surface area contributed by atoms with Crippen molar-refractivity contribution in [1.29, 1.82) is 0 Å². The minimum absolute atomic E-state index is 0.218. The topological polar surface area (TPSA) is 54.7 Å². The van der Waals surface area contributed by atoms with Gasteiger partial charge in [-0.2, -0.15) is 5.10 Å². The summed E-state index contributed by atoms with van der Waals surface area (Å²) in [6, 6.07) is 6.88. The molecule has 0 aliphatic heterocycles. The molecule has 0 fully saturated rings. The number of hydrogen-bond acceptors (Lipinski definition) is 2. The summed E-state index contributed by atoms with van der Waals surface area (Å²) in [7, 11) is 0. The van der Waals surface area contributed by atoms with Crippen molar-refractivity contribution in [3.05, 3.63) is 41.3 Å². The average Bonchev–Trinajstić information content (AvgIpc) is 2.70. The minimum atomic E-state index is -0.218. The number of halogens is 1. The lowest BCUT2D eigenvalue weighted by molar-refractivity contribution is 0.619. The van der Waals surface area contributed by atoms with E-state index in [1.54, 1.807) is 13.0 Å². The Morgan fingerprint density at radius 1 is 1.40 bits per heavy atom. The van der Waals surface area contributed by atoms with E-state index in [1.165, 1.54) is 6.07 Å². The van der Waals surface area contributed by atoms with Gasteiger partial charge in [-0.3, -0.25) is 5.10 Å². The summed E-state index contributed by atoms with van der Waals surface area (Å²) in [6.45, 7) is 2.14. The van der Waals surface area contributed by atoms with Gasteiger partial charge in [0.1, 0.15) is 5.82 Å². The normalized spacial score (nSPS) is 10.6. The highest BCUT2D eigenvalue weighted by atomic mass is 19.1. The van der Waals surface area contributed by atoms with Crippen LogP contribution in [-0.4, -0.2) is 10.2 Å². The number of aromatic amines is 1. The molecule has 0 unspecified atom stereocenters. The number of nitrogens with zero attached hydrogens (tertiary/aromatic N) is 1. The summed E-state index contributed by atoms with van der Waals surface area (Å²) in [5.41, 5.74) is 8.40. The molecule has 0 aliphatic carbocycles. The lowest BCUT2D eigenvalue weighted by atomic mass is 10.1. The second kappa shape index (κ2) is 3.82. The Balaban J connectivity index is 2.40. The molecule has 0 saturated carbocycles. The monoisotopic (exact) mass is 205 g/mol. The molecule has 3 N–H and O–H groups in total. The van der Waals surface area contributed by atoms with Crippen LogP contribution in [0.2, 0.25) is 0 Å².